The maximum Gasteiger partial charge on any atom is 0.412 e. The highest BCUT2D eigenvalue weighted by Crippen LogP contribution is 2.42. The standard InChI is InChI=1S/C22H21N3O7S.C8H7NO2/c1-14(26)24(16-5-3-2-4-6-16)18-19(27)23-12-22(29,13-33-20(18)23)21(28)32-11-15-7-9-17(10-8-15)25(30)31;10-8-9-7(11-8)6-4-2-1-3-5-6/h2-10,18,20,29H,11-13H2,1H3;1-5,7H,(H,9,10)/t18?,20-,22?;/m1./s1. The number of carbonyl (C=O) groups is 4. The summed E-state index contributed by atoms with van der Waals surface area (Å²) in [4.78, 5) is 61.2. The molecule has 3 aromatic carbocycles. The fourth-order valence-corrected chi connectivity index (χ4v) is 6.32. The number of carbonyl (C=O) groups excluding carboxylic acids is 4. The smallest absolute Gasteiger partial charge is 0.412 e. The lowest BCUT2D eigenvalue weighted by Crippen LogP contribution is -2.75. The van der Waals surface area contributed by atoms with Crippen LogP contribution in [0, 0.1) is 10.1 Å². The molecular weight excluding hydrogens is 592 g/mol. The Morgan fingerprint density at radius 1 is 1.09 bits per heavy atom. The average Bonchev–Trinajstić information content (AvgIpc) is 3.02. The molecule has 13 nitrogen and oxygen atoms in total. The molecule has 6 rings (SSSR count). The van der Waals surface area contributed by atoms with Gasteiger partial charge in [-0.15, -0.1) is 11.8 Å². The van der Waals surface area contributed by atoms with Crippen LogP contribution in [0.1, 0.15) is 24.3 Å². The van der Waals surface area contributed by atoms with Crippen molar-refractivity contribution in [1.82, 2.24) is 10.2 Å². The first-order valence-electron chi connectivity index (χ1n) is 13.5. The van der Waals surface area contributed by atoms with Crippen molar-refractivity contribution < 1.29 is 38.7 Å². The van der Waals surface area contributed by atoms with Crippen molar-refractivity contribution in [3.05, 3.63) is 106 Å². The Morgan fingerprint density at radius 3 is 2.27 bits per heavy atom. The van der Waals surface area contributed by atoms with Crippen molar-refractivity contribution in [3.8, 4) is 0 Å². The second-order valence-electron chi connectivity index (χ2n) is 10.2. The normalized spacial score (nSPS) is 23.2. The first-order valence-corrected chi connectivity index (χ1v) is 14.5. The van der Waals surface area contributed by atoms with Crippen LogP contribution in [0.15, 0.2) is 84.9 Å². The summed E-state index contributed by atoms with van der Waals surface area (Å²) in [6, 6.07) is 23.2. The first-order chi connectivity index (χ1) is 21.1. The summed E-state index contributed by atoms with van der Waals surface area (Å²) in [6.07, 6.45) is -0.581. The van der Waals surface area contributed by atoms with Gasteiger partial charge in [0.2, 0.25) is 18.0 Å². The second kappa shape index (κ2) is 12.7. The van der Waals surface area contributed by atoms with E-state index in [2.05, 4.69) is 5.32 Å². The average molecular weight is 621 g/mol. The summed E-state index contributed by atoms with van der Waals surface area (Å²) in [6.45, 7) is 0.984. The molecule has 3 aliphatic rings. The lowest BCUT2D eigenvalue weighted by Gasteiger charge is -2.55. The number of thioether (sulfide) groups is 1. The molecule has 44 heavy (non-hydrogen) atoms. The molecule has 3 unspecified atom stereocenters. The minimum atomic E-state index is -1.89. The summed E-state index contributed by atoms with van der Waals surface area (Å²) in [5.41, 5.74) is 0.133. The van der Waals surface area contributed by atoms with Crippen LogP contribution < -0.4 is 10.2 Å². The fraction of sp³-hybridized carbons (Fsp3) is 0.267. The van der Waals surface area contributed by atoms with Gasteiger partial charge in [0.25, 0.3) is 5.69 Å². The molecule has 2 N–H and O–H groups in total. The van der Waals surface area contributed by atoms with E-state index in [4.69, 9.17) is 9.47 Å². The Hall–Kier alpha value is -4.95. The van der Waals surface area contributed by atoms with Gasteiger partial charge in [0.15, 0.2) is 5.60 Å². The van der Waals surface area contributed by atoms with Gasteiger partial charge in [0.05, 0.1) is 11.5 Å². The van der Waals surface area contributed by atoms with E-state index in [1.165, 1.54) is 52.8 Å². The number of β-lactam (4-membered cyclic amide) rings is 1. The molecule has 0 bridgehead atoms. The summed E-state index contributed by atoms with van der Waals surface area (Å²) >= 11 is 1.21. The third-order valence-electron chi connectivity index (χ3n) is 7.16. The quantitative estimate of drug-likeness (QED) is 0.173. The molecule has 3 heterocycles. The topological polar surface area (TPSA) is 169 Å². The number of cyclic esters (lactones) is 1. The van der Waals surface area contributed by atoms with E-state index in [0.29, 0.717) is 11.3 Å². The van der Waals surface area contributed by atoms with E-state index < -0.39 is 22.5 Å². The SMILES string of the molecule is CC(=O)N(c1ccccc1)C1C(=O)N2CC(O)(C(=O)OCc3ccc([N+](=O)[O-])cc3)CS[C@H]12.O=C1NC(c2ccccc2)O1. The van der Waals surface area contributed by atoms with Gasteiger partial charge in [0, 0.05) is 36.1 Å². The molecule has 3 aromatic rings. The zero-order valence-electron chi connectivity index (χ0n) is 23.4. The molecule has 14 heteroatoms. The number of rotatable bonds is 7. The number of fused-ring (bicyclic) bond motifs is 1. The summed E-state index contributed by atoms with van der Waals surface area (Å²) in [7, 11) is 0. The van der Waals surface area contributed by atoms with Crippen LogP contribution in [0.3, 0.4) is 0 Å². The number of para-hydroxylation sites is 1. The molecule has 3 amide bonds. The van der Waals surface area contributed by atoms with Crippen LogP contribution in [0.5, 0.6) is 0 Å². The van der Waals surface area contributed by atoms with E-state index in [1.807, 2.05) is 36.4 Å². The molecule has 0 radical (unpaired) electrons. The molecule has 0 aliphatic carbocycles. The Bertz CT molecular complexity index is 1550. The van der Waals surface area contributed by atoms with Crippen LogP contribution in [0.2, 0.25) is 0 Å². The summed E-state index contributed by atoms with van der Waals surface area (Å²) in [5, 5.41) is 23.8. The van der Waals surface area contributed by atoms with Gasteiger partial charge in [-0.25, -0.2) is 9.59 Å². The van der Waals surface area contributed by atoms with Gasteiger partial charge in [-0.2, -0.15) is 0 Å². The number of ether oxygens (including phenoxy) is 2. The number of hydrogen-bond donors (Lipinski definition) is 2. The molecular formula is C30H28N4O9S. The second-order valence-corrected chi connectivity index (χ2v) is 11.3. The minimum Gasteiger partial charge on any atom is -0.459 e. The highest BCUT2D eigenvalue weighted by Gasteiger charge is 2.59. The molecule has 3 aliphatic heterocycles. The predicted octanol–water partition coefficient (Wildman–Crippen LogP) is 3.13. The maximum atomic E-state index is 12.9. The summed E-state index contributed by atoms with van der Waals surface area (Å²) in [5.74, 6) is -1.51. The molecule has 228 valence electrons. The number of hydrogen-bond acceptors (Lipinski definition) is 10. The van der Waals surface area contributed by atoms with Crippen LogP contribution in [0.4, 0.5) is 16.2 Å². The predicted molar refractivity (Wildman–Crippen MR) is 158 cm³/mol. The largest absolute Gasteiger partial charge is 0.459 e. The number of benzene rings is 3. The monoisotopic (exact) mass is 620 g/mol. The van der Waals surface area contributed by atoms with Crippen LogP contribution >= 0.6 is 11.8 Å². The Labute approximate surface area is 255 Å². The zero-order chi connectivity index (χ0) is 31.4. The first kappa shape index (κ1) is 30.5. The lowest BCUT2D eigenvalue weighted by molar-refractivity contribution is -0.384. The number of nitro benzene ring substituents is 1. The van der Waals surface area contributed by atoms with E-state index in [-0.39, 0.29) is 54.1 Å². The molecule has 4 atom stereocenters. The third kappa shape index (κ3) is 6.35. The van der Waals surface area contributed by atoms with Crippen molar-refractivity contribution >= 4 is 47.0 Å². The fourth-order valence-electron chi connectivity index (χ4n) is 4.89. The van der Waals surface area contributed by atoms with E-state index in [0.717, 1.165) is 5.56 Å². The molecule has 3 saturated heterocycles. The number of non-ortho nitro benzene ring substituents is 1. The van der Waals surface area contributed by atoms with Crippen LogP contribution in [0.25, 0.3) is 0 Å². The highest BCUT2D eigenvalue weighted by atomic mass is 32.2. The third-order valence-corrected chi connectivity index (χ3v) is 8.66. The summed E-state index contributed by atoms with van der Waals surface area (Å²) < 4.78 is 10.00. The Balaban J connectivity index is 0.000000291. The Kier molecular flexibility index (Phi) is 8.83. The van der Waals surface area contributed by atoms with Crippen molar-refractivity contribution in [2.24, 2.45) is 0 Å². The Morgan fingerprint density at radius 2 is 1.70 bits per heavy atom. The number of nitrogens with zero attached hydrogens (tertiary/aromatic N) is 3. The maximum absolute atomic E-state index is 12.9. The van der Waals surface area contributed by atoms with Crippen molar-refractivity contribution in [2.45, 2.75) is 36.8 Å². The van der Waals surface area contributed by atoms with Gasteiger partial charge in [-0.05, 0) is 29.8 Å². The molecule has 0 saturated carbocycles. The minimum absolute atomic E-state index is 0.00240. The zero-order valence-corrected chi connectivity index (χ0v) is 24.2. The van der Waals surface area contributed by atoms with Crippen molar-refractivity contribution in [2.75, 3.05) is 17.2 Å². The number of nitrogens with one attached hydrogen (secondary N) is 1. The molecule has 0 aromatic heterocycles. The van der Waals surface area contributed by atoms with E-state index >= 15 is 0 Å². The van der Waals surface area contributed by atoms with Gasteiger partial charge in [0.1, 0.15) is 18.0 Å². The van der Waals surface area contributed by atoms with Gasteiger partial charge in [-0.3, -0.25) is 29.9 Å². The van der Waals surface area contributed by atoms with Crippen molar-refractivity contribution in [1.29, 1.82) is 0 Å². The number of anilines is 1. The highest BCUT2D eigenvalue weighted by molar-refractivity contribution is 8.00. The number of amides is 3. The van der Waals surface area contributed by atoms with Crippen LogP contribution in [-0.2, 0) is 30.5 Å². The number of nitro groups is 1. The van der Waals surface area contributed by atoms with Crippen molar-refractivity contribution in [3.63, 3.8) is 0 Å². The van der Waals surface area contributed by atoms with E-state index in [1.54, 1.807) is 24.3 Å². The molecule has 0 spiro atoms. The van der Waals surface area contributed by atoms with Gasteiger partial charge >= 0.3 is 12.1 Å². The molecule has 3 fully saturated rings. The van der Waals surface area contributed by atoms with Crippen LogP contribution in [-0.4, -0.2) is 68.1 Å². The van der Waals surface area contributed by atoms with Gasteiger partial charge < -0.3 is 19.5 Å². The van der Waals surface area contributed by atoms with E-state index in [9.17, 15) is 34.4 Å². The van der Waals surface area contributed by atoms with Gasteiger partial charge in [-0.1, -0.05) is 48.5 Å². The number of aliphatic hydroxyl groups is 1. The number of esters is 1. The lowest BCUT2D eigenvalue weighted by atomic mass is 9.98.